The van der Waals surface area contributed by atoms with Crippen LogP contribution in [0.2, 0.25) is 0 Å². The number of fused-ring (bicyclic) bond motifs is 1. The Morgan fingerprint density at radius 1 is 0.857 bits per heavy atom. The van der Waals surface area contributed by atoms with Crippen LogP contribution in [-0.4, -0.2) is 14.3 Å². The molecule has 0 aliphatic heterocycles. The number of hydrogen-bond acceptors (Lipinski definition) is 4. The summed E-state index contributed by atoms with van der Waals surface area (Å²) in [5, 5.41) is 4.49. The molecule has 0 aliphatic rings. The third kappa shape index (κ3) is 3.58. The Kier molecular flexibility index (Phi) is 4.78. The molecule has 0 aliphatic carbocycles. The van der Waals surface area contributed by atoms with E-state index in [0.29, 0.717) is 5.69 Å². The minimum absolute atomic E-state index is 0.0798. The molecular formula is C21H14BrNO4S. The summed E-state index contributed by atoms with van der Waals surface area (Å²) in [6.45, 7) is 0. The standard InChI is InChI=1S/C21H14BrNO4S/c22-16-6-9-18(10-7-16)28(25,26)20-12-11-19(27-20)21(24)23-17-8-5-14-3-1-2-4-15(14)13-17/h1-13H,(H,23,24). The van der Waals surface area contributed by atoms with Crippen molar-refractivity contribution in [3.8, 4) is 0 Å². The van der Waals surface area contributed by atoms with Crippen LogP contribution in [-0.2, 0) is 9.84 Å². The molecule has 1 heterocycles. The van der Waals surface area contributed by atoms with E-state index in [1.807, 2.05) is 36.4 Å². The van der Waals surface area contributed by atoms with E-state index < -0.39 is 15.7 Å². The fourth-order valence-corrected chi connectivity index (χ4v) is 4.21. The van der Waals surface area contributed by atoms with Crippen molar-refractivity contribution in [2.45, 2.75) is 9.99 Å². The topological polar surface area (TPSA) is 76.4 Å². The van der Waals surface area contributed by atoms with Gasteiger partial charge in [-0.3, -0.25) is 4.79 Å². The predicted octanol–water partition coefficient (Wildman–Crippen LogP) is 5.28. The average molecular weight is 456 g/mol. The van der Waals surface area contributed by atoms with Crippen molar-refractivity contribution in [2.24, 2.45) is 0 Å². The number of anilines is 1. The van der Waals surface area contributed by atoms with Gasteiger partial charge >= 0.3 is 0 Å². The minimum atomic E-state index is -3.84. The van der Waals surface area contributed by atoms with E-state index in [1.54, 1.807) is 18.2 Å². The Morgan fingerprint density at radius 2 is 1.57 bits per heavy atom. The number of sulfone groups is 1. The molecule has 0 bridgehead atoms. The number of carbonyl (C=O) groups is 1. The van der Waals surface area contributed by atoms with Gasteiger partial charge < -0.3 is 9.73 Å². The molecule has 0 spiro atoms. The fourth-order valence-electron chi connectivity index (χ4n) is 2.78. The molecule has 0 radical (unpaired) electrons. The smallest absolute Gasteiger partial charge is 0.291 e. The largest absolute Gasteiger partial charge is 0.439 e. The van der Waals surface area contributed by atoms with Crippen molar-refractivity contribution in [1.82, 2.24) is 0 Å². The first-order valence-electron chi connectivity index (χ1n) is 8.34. The molecule has 0 saturated carbocycles. The molecular weight excluding hydrogens is 442 g/mol. The van der Waals surface area contributed by atoms with Gasteiger partial charge in [-0.2, -0.15) is 0 Å². The van der Waals surface area contributed by atoms with E-state index in [0.717, 1.165) is 15.2 Å². The summed E-state index contributed by atoms with van der Waals surface area (Å²) in [6, 6.07) is 22.1. The minimum Gasteiger partial charge on any atom is -0.439 e. The number of amides is 1. The lowest BCUT2D eigenvalue weighted by Crippen LogP contribution is -2.11. The number of furan rings is 1. The maximum absolute atomic E-state index is 12.6. The second kappa shape index (κ2) is 7.26. The molecule has 7 heteroatoms. The lowest BCUT2D eigenvalue weighted by atomic mass is 10.1. The van der Waals surface area contributed by atoms with Gasteiger partial charge in [0.1, 0.15) is 0 Å². The molecule has 4 aromatic rings. The SMILES string of the molecule is O=C(Nc1ccc2ccccc2c1)c1ccc(S(=O)(=O)c2ccc(Br)cc2)o1. The lowest BCUT2D eigenvalue weighted by Gasteiger charge is -2.05. The number of rotatable bonds is 4. The average Bonchev–Trinajstić information content (AvgIpc) is 3.19. The molecule has 0 unspecified atom stereocenters. The molecule has 0 atom stereocenters. The van der Waals surface area contributed by atoms with Crippen LogP contribution in [0.5, 0.6) is 0 Å². The van der Waals surface area contributed by atoms with E-state index in [9.17, 15) is 13.2 Å². The summed E-state index contributed by atoms with van der Waals surface area (Å²) in [4.78, 5) is 12.6. The summed E-state index contributed by atoms with van der Waals surface area (Å²) in [7, 11) is -3.84. The van der Waals surface area contributed by atoms with E-state index >= 15 is 0 Å². The molecule has 28 heavy (non-hydrogen) atoms. The second-order valence-electron chi connectivity index (χ2n) is 6.09. The monoisotopic (exact) mass is 455 g/mol. The zero-order chi connectivity index (χ0) is 19.7. The molecule has 5 nitrogen and oxygen atoms in total. The highest BCUT2D eigenvalue weighted by molar-refractivity contribution is 9.10. The third-order valence-corrected chi connectivity index (χ3v) is 6.37. The number of hydrogen-bond donors (Lipinski definition) is 1. The highest BCUT2D eigenvalue weighted by Gasteiger charge is 2.23. The molecule has 0 fully saturated rings. The van der Waals surface area contributed by atoms with E-state index in [4.69, 9.17) is 4.42 Å². The van der Waals surface area contributed by atoms with Crippen molar-refractivity contribution in [2.75, 3.05) is 5.32 Å². The zero-order valence-electron chi connectivity index (χ0n) is 14.4. The van der Waals surface area contributed by atoms with Crippen molar-refractivity contribution in [1.29, 1.82) is 0 Å². The van der Waals surface area contributed by atoms with Crippen LogP contribution in [0.4, 0.5) is 5.69 Å². The third-order valence-electron chi connectivity index (χ3n) is 4.20. The molecule has 1 N–H and O–H groups in total. The van der Waals surface area contributed by atoms with Crippen molar-refractivity contribution >= 4 is 48.1 Å². The van der Waals surface area contributed by atoms with Crippen LogP contribution in [0, 0.1) is 0 Å². The van der Waals surface area contributed by atoms with Crippen LogP contribution < -0.4 is 5.32 Å². The fraction of sp³-hybridized carbons (Fsp3) is 0. The maximum Gasteiger partial charge on any atom is 0.291 e. The van der Waals surface area contributed by atoms with Gasteiger partial charge in [0.2, 0.25) is 14.9 Å². The summed E-state index contributed by atoms with van der Waals surface area (Å²) < 4.78 is 31.4. The summed E-state index contributed by atoms with van der Waals surface area (Å²) in [5.41, 5.74) is 0.595. The van der Waals surface area contributed by atoms with E-state index in [-0.39, 0.29) is 15.7 Å². The van der Waals surface area contributed by atoms with Gasteiger partial charge in [-0.1, -0.05) is 46.3 Å². The van der Waals surface area contributed by atoms with Gasteiger partial charge in [0, 0.05) is 10.2 Å². The Labute approximate surface area is 170 Å². The first kappa shape index (κ1) is 18.5. The van der Waals surface area contributed by atoms with Crippen LogP contribution in [0.25, 0.3) is 10.8 Å². The summed E-state index contributed by atoms with van der Waals surface area (Å²) in [6.07, 6.45) is 0. The quantitative estimate of drug-likeness (QED) is 0.453. The number of benzene rings is 3. The maximum atomic E-state index is 12.6. The first-order chi connectivity index (χ1) is 13.4. The van der Waals surface area contributed by atoms with E-state index in [1.165, 1.54) is 24.3 Å². The summed E-state index contributed by atoms with van der Waals surface area (Å²) in [5.74, 6) is -0.601. The Morgan fingerprint density at radius 3 is 2.32 bits per heavy atom. The van der Waals surface area contributed by atoms with Crippen LogP contribution in [0.15, 0.2) is 97.7 Å². The van der Waals surface area contributed by atoms with Gasteiger partial charge in [0.05, 0.1) is 4.90 Å². The summed E-state index contributed by atoms with van der Waals surface area (Å²) >= 11 is 3.27. The second-order valence-corrected chi connectivity index (χ2v) is 8.89. The Balaban J connectivity index is 1.57. The molecule has 0 saturated heterocycles. The Bertz CT molecular complexity index is 1280. The van der Waals surface area contributed by atoms with Gasteiger partial charge in [0.15, 0.2) is 5.76 Å². The van der Waals surface area contributed by atoms with Crippen molar-refractivity contribution < 1.29 is 17.6 Å². The highest BCUT2D eigenvalue weighted by atomic mass is 79.9. The normalized spacial score (nSPS) is 11.5. The zero-order valence-corrected chi connectivity index (χ0v) is 16.8. The molecule has 3 aromatic carbocycles. The van der Waals surface area contributed by atoms with Gasteiger partial charge in [0.25, 0.3) is 5.91 Å². The number of nitrogens with one attached hydrogen (secondary N) is 1. The molecule has 4 rings (SSSR count). The van der Waals surface area contributed by atoms with Gasteiger partial charge in [-0.15, -0.1) is 0 Å². The molecule has 1 amide bonds. The molecule has 1 aromatic heterocycles. The van der Waals surface area contributed by atoms with E-state index in [2.05, 4.69) is 21.2 Å². The number of carbonyl (C=O) groups excluding carboxylic acids is 1. The Hall–Kier alpha value is -2.90. The van der Waals surface area contributed by atoms with Crippen LogP contribution >= 0.6 is 15.9 Å². The van der Waals surface area contributed by atoms with Crippen molar-refractivity contribution in [3.05, 3.63) is 89.1 Å². The van der Waals surface area contributed by atoms with Crippen LogP contribution in [0.3, 0.4) is 0 Å². The number of halogens is 1. The molecule has 140 valence electrons. The first-order valence-corrected chi connectivity index (χ1v) is 10.6. The van der Waals surface area contributed by atoms with Crippen molar-refractivity contribution in [3.63, 3.8) is 0 Å². The van der Waals surface area contributed by atoms with Gasteiger partial charge in [-0.05, 0) is 59.3 Å². The lowest BCUT2D eigenvalue weighted by molar-refractivity contribution is 0.0991. The highest BCUT2D eigenvalue weighted by Crippen LogP contribution is 2.25. The van der Waals surface area contributed by atoms with Crippen LogP contribution in [0.1, 0.15) is 10.6 Å². The predicted molar refractivity (Wildman–Crippen MR) is 110 cm³/mol. The van der Waals surface area contributed by atoms with Gasteiger partial charge in [-0.25, -0.2) is 8.42 Å².